The van der Waals surface area contributed by atoms with Crippen LogP contribution in [0.4, 0.5) is 11.4 Å². The summed E-state index contributed by atoms with van der Waals surface area (Å²) in [6, 6.07) is 26.4. The molecule has 0 aliphatic carbocycles. The molecular weight excluding hydrogens is 330 g/mol. The van der Waals surface area contributed by atoms with Crippen LogP contribution < -0.4 is 10.1 Å². The van der Waals surface area contributed by atoms with E-state index in [4.69, 9.17) is 16.3 Å². The molecule has 25 heavy (non-hydrogen) atoms. The smallest absolute Gasteiger partial charge is 0.135 e. The van der Waals surface area contributed by atoms with Crippen molar-refractivity contribution < 1.29 is 4.74 Å². The van der Waals surface area contributed by atoms with Crippen LogP contribution in [0.3, 0.4) is 0 Å². The zero-order valence-electron chi connectivity index (χ0n) is 13.3. The molecule has 0 bridgehead atoms. The van der Waals surface area contributed by atoms with Crippen molar-refractivity contribution in [3.8, 4) is 22.6 Å². The number of halogens is 1. The summed E-state index contributed by atoms with van der Waals surface area (Å²) in [4.78, 5) is 0. The number of rotatable bonds is 2. The number of ether oxygens (including phenoxy) is 1. The topological polar surface area (TPSA) is 21.3 Å². The lowest BCUT2D eigenvalue weighted by molar-refractivity contribution is 0.487. The Labute approximate surface area is 150 Å². The Morgan fingerprint density at radius 1 is 0.720 bits per heavy atom. The summed E-state index contributed by atoms with van der Waals surface area (Å²) >= 11 is 6.26. The Balaban J connectivity index is 1.65. The predicted molar refractivity (Wildman–Crippen MR) is 104 cm³/mol. The SMILES string of the molecule is Clc1ccccc1Nc1ccc2c(c1)-c1cccc3cccc(c13)O2. The van der Waals surface area contributed by atoms with Crippen LogP contribution in [0.2, 0.25) is 5.02 Å². The van der Waals surface area contributed by atoms with Crippen LogP contribution in [0.1, 0.15) is 0 Å². The maximum absolute atomic E-state index is 6.26. The minimum Gasteiger partial charge on any atom is -0.456 e. The lowest BCUT2D eigenvalue weighted by Crippen LogP contribution is -1.98. The minimum absolute atomic E-state index is 0.698. The van der Waals surface area contributed by atoms with Crippen molar-refractivity contribution in [3.05, 3.63) is 83.9 Å². The fourth-order valence-corrected chi connectivity index (χ4v) is 3.54. The maximum Gasteiger partial charge on any atom is 0.135 e. The van der Waals surface area contributed by atoms with Crippen LogP contribution in [-0.2, 0) is 0 Å². The van der Waals surface area contributed by atoms with Gasteiger partial charge in [0.1, 0.15) is 11.5 Å². The summed E-state index contributed by atoms with van der Waals surface area (Å²) in [5.74, 6) is 1.78. The third-order valence-electron chi connectivity index (χ3n) is 4.51. The van der Waals surface area contributed by atoms with Gasteiger partial charge in [0.25, 0.3) is 0 Å². The first kappa shape index (κ1) is 14.4. The van der Waals surface area contributed by atoms with Gasteiger partial charge < -0.3 is 10.1 Å². The molecule has 1 N–H and O–H groups in total. The average Bonchev–Trinajstić information content (AvgIpc) is 2.65. The van der Waals surface area contributed by atoms with E-state index in [9.17, 15) is 0 Å². The molecule has 1 aliphatic rings. The summed E-state index contributed by atoms with van der Waals surface area (Å²) in [7, 11) is 0. The molecule has 2 nitrogen and oxygen atoms in total. The van der Waals surface area contributed by atoms with Crippen LogP contribution in [-0.4, -0.2) is 0 Å². The van der Waals surface area contributed by atoms with E-state index in [1.54, 1.807) is 0 Å². The molecule has 0 unspecified atom stereocenters. The van der Waals surface area contributed by atoms with E-state index in [0.29, 0.717) is 5.02 Å². The molecule has 5 rings (SSSR count). The Morgan fingerprint density at radius 3 is 2.44 bits per heavy atom. The summed E-state index contributed by atoms with van der Waals surface area (Å²) < 4.78 is 6.12. The van der Waals surface area contributed by atoms with Crippen molar-refractivity contribution >= 4 is 33.7 Å². The van der Waals surface area contributed by atoms with Gasteiger partial charge >= 0.3 is 0 Å². The molecule has 3 heteroatoms. The minimum atomic E-state index is 0.698. The highest BCUT2D eigenvalue weighted by Crippen LogP contribution is 2.47. The lowest BCUT2D eigenvalue weighted by atomic mass is 9.94. The predicted octanol–water partition coefficient (Wildman–Crippen LogP) is 7.01. The van der Waals surface area contributed by atoms with E-state index in [-0.39, 0.29) is 0 Å². The second-order valence-corrected chi connectivity index (χ2v) is 6.48. The largest absolute Gasteiger partial charge is 0.456 e. The van der Waals surface area contributed by atoms with Crippen molar-refractivity contribution in [2.45, 2.75) is 0 Å². The highest BCUT2D eigenvalue weighted by Gasteiger charge is 2.19. The van der Waals surface area contributed by atoms with Crippen molar-refractivity contribution in [2.75, 3.05) is 5.32 Å². The Hall–Kier alpha value is -2.97. The molecule has 0 atom stereocenters. The number of hydrogen-bond donors (Lipinski definition) is 1. The molecule has 4 aromatic rings. The Bertz CT molecular complexity index is 1110. The highest BCUT2D eigenvalue weighted by molar-refractivity contribution is 6.33. The van der Waals surface area contributed by atoms with Crippen molar-refractivity contribution in [1.82, 2.24) is 0 Å². The lowest BCUT2D eigenvalue weighted by Gasteiger charge is -2.22. The molecular formula is C22H14ClNO. The summed E-state index contributed by atoms with van der Waals surface area (Å²) in [6.07, 6.45) is 0. The molecule has 0 saturated carbocycles. The van der Waals surface area contributed by atoms with E-state index in [1.807, 2.05) is 48.5 Å². The molecule has 0 spiro atoms. The van der Waals surface area contributed by atoms with Crippen molar-refractivity contribution in [3.63, 3.8) is 0 Å². The van der Waals surface area contributed by atoms with Gasteiger partial charge in [-0.2, -0.15) is 0 Å². The van der Waals surface area contributed by atoms with E-state index >= 15 is 0 Å². The van der Waals surface area contributed by atoms with E-state index in [1.165, 1.54) is 10.9 Å². The first-order chi connectivity index (χ1) is 12.3. The molecule has 1 heterocycles. The molecule has 0 amide bonds. The fraction of sp³-hybridized carbons (Fsp3) is 0. The monoisotopic (exact) mass is 343 g/mol. The highest BCUT2D eigenvalue weighted by atomic mass is 35.5. The number of nitrogens with one attached hydrogen (secondary N) is 1. The third kappa shape index (κ3) is 2.34. The fourth-order valence-electron chi connectivity index (χ4n) is 3.36. The standard InChI is InChI=1S/C22H14ClNO/c23-18-8-1-2-9-19(18)24-15-11-12-20-17(13-15)16-7-3-5-14-6-4-10-21(25-20)22(14)16/h1-13,24H. The molecule has 1 aliphatic heterocycles. The Morgan fingerprint density at radius 2 is 1.56 bits per heavy atom. The normalized spacial score (nSPS) is 11.7. The Kier molecular flexibility index (Phi) is 3.19. The van der Waals surface area contributed by atoms with Gasteiger partial charge in [-0.05, 0) is 47.3 Å². The van der Waals surface area contributed by atoms with Gasteiger partial charge in [-0.25, -0.2) is 0 Å². The summed E-state index contributed by atoms with van der Waals surface area (Å²) in [5, 5.41) is 6.43. The first-order valence-corrected chi connectivity index (χ1v) is 8.53. The van der Waals surface area contributed by atoms with Gasteiger partial charge in [0.15, 0.2) is 0 Å². The molecule has 120 valence electrons. The quantitative estimate of drug-likeness (QED) is 0.372. The summed E-state index contributed by atoms with van der Waals surface area (Å²) in [6.45, 7) is 0. The van der Waals surface area contributed by atoms with Gasteiger partial charge in [-0.15, -0.1) is 0 Å². The average molecular weight is 344 g/mol. The van der Waals surface area contributed by atoms with Crippen LogP contribution in [0, 0.1) is 0 Å². The number of para-hydroxylation sites is 1. The third-order valence-corrected chi connectivity index (χ3v) is 4.84. The van der Waals surface area contributed by atoms with Gasteiger partial charge in [-0.1, -0.05) is 54.1 Å². The number of hydrogen-bond acceptors (Lipinski definition) is 2. The van der Waals surface area contributed by atoms with Crippen molar-refractivity contribution in [2.24, 2.45) is 0 Å². The van der Waals surface area contributed by atoms with Crippen LogP contribution >= 0.6 is 11.6 Å². The molecule has 0 radical (unpaired) electrons. The van der Waals surface area contributed by atoms with Gasteiger partial charge in [0.05, 0.1) is 10.7 Å². The first-order valence-electron chi connectivity index (χ1n) is 8.15. The van der Waals surface area contributed by atoms with Crippen LogP contribution in [0.15, 0.2) is 78.9 Å². The number of benzene rings is 4. The zero-order chi connectivity index (χ0) is 16.8. The summed E-state index contributed by atoms with van der Waals surface area (Å²) in [5.41, 5.74) is 4.14. The molecule has 0 fully saturated rings. The molecule has 0 aromatic heterocycles. The maximum atomic E-state index is 6.26. The van der Waals surface area contributed by atoms with Crippen LogP contribution in [0.25, 0.3) is 21.9 Å². The second-order valence-electron chi connectivity index (χ2n) is 6.08. The van der Waals surface area contributed by atoms with E-state index < -0.39 is 0 Å². The number of anilines is 2. The van der Waals surface area contributed by atoms with E-state index in [2.05, 4.69) is 35.6 Å². The molecule has 4 aromatic carbocycles. The van der Waals surface area contributed by atoms with Crippen molar-refractivity contribution in [1.29, 1.82) is 0 Å². The van der Waals surface area contributed by atoms with Gasteiger partial charge in [0.2, 0.25) is 0 Å². The second kappa shape index (κ2) is 5.54. The number of fused-ring (bicyclic) bond motifs is 2. The zero-order valence-corrected chi connectivity index (χ0v) is 14.0. The van der Waals surface area contributed by atoms with E-state index in [0.717, 1.165) is 33.8 Å². The molecule has 0 saturated heterocycles. The van der Waals surface area contributed by atoms with Gasteiger partial charge in [-0.3, -0.25) is 0 Å². The van der Waals surface area contributed by atoms with Crippen LogP contribution in [0.5, 0.6) is 11.5 Å². The van der Waals surface area contributed by atoms with Gasteiger partial charge in [0, 0.05) is 16.6 Å².